The summed E-state index contributed by atoms with van der Waals surface area (Å²) < 4.78 is 35.7. The fraction of sp³-hybridized carbons (Fsp3) is 0.600. The number of aromatic amines is 1. The maximum Gasteiger partial charge on any atom is 0.269 e. The first-order chi connectivity index (χ1) is 14.0. The molecule has 6 nitrogen and oxygen atoms in total. The van der Waals surface area contributed by atoms with E-state index in [4.69, 9.17) is 4.74 Å². The smallest absolute Gasteiger partial charge is 0.269 e. The summed E-state index contributed by atoms with van der Waals surface area (Å²) in [5, 5.41) is 9.82. The molecular weight excluding hydrogens is 398 g/mol. The number of thiophene rings is 1. The third-order valence-electron chi connectivity index (χ3n) is 6.78. The highest BCUT2D eigenvalue weighted by Gasteiger charge is 2.48. The summed E-state index contributed by atoms with van der Waals surface area (Å²) >= 11 is 1.29. The lowest BCUT2D eigenvalue weighted by Crippen LogP contribution is -2.57. The maximum absolute atomic E-state index is 14.7. The normalized spacial score (nSPS) is 32.6. The Bertz CT molecular complexity index is 952. The lowest BCUT2D eigenvalue weighted by molar-refractivity contribution is -0.135. The zero-order valence-electron chi connectivity index (χ0n) is 15.8. The molecule has 2 bridgehead atoms. The first-order valence-electron chi connectivity index (χ1n) is 10.2. The molecule has 2 saturated heterocycles. The van der Waals surface area contributed by atoms with Gasteiger partial charge in [-0.2, -0.15) is 5.10 Å². The summed E-state index contributed by atoms with van der Waals surface area (Å²) in [6.07, 6.45) is 7.42. The number of halogens is 2. The van der Waals surface area contributed by atoms with Gasteiger partial charge in [-0.1, -0.05) is 0 Å². The topological polar surface area (TPSA) is 70.2 Å². The Morgan fingerprint density at radius 2 is 2.07 bits per heavy atom. The number of nitrogens with one attached hydrogen (secondary N) is 2. The van der Waals surface area contributed by atoms with E-state index < -0.39 is 5.92 Å². The molecule has 1 amide bonds. The van der Waals surface area contributed by atoms with Gasteiger partial charge in [-0.3, -0.25) is 9.89 Å². The number of ether oxygens (including phenoxy) is 1. The fourth-order valence-electron chi connectivity index (χ4n) is 5.56. The van der Waals surface area contributed by atoms with Crippen LogP contribution in [0.3, 0.4) is 0 Å². The lowest BCUT2D eigenvalue weighted by Gasteiger charge is -2.46. The molecule has 2 N–H and O–H groups in total. The van der Waals surface area contributed by atoms with Crippen molar-refractivity contribution in [3.8, 4) is 10.4 Å². The van der Waals surface area contributed by atoms with Gasteiger partial charge in [0.1, 0.15) is 4.88 Å². The second-order valence-corrected chi connectivity index (χ2v) is 9.73. The van der Waals surface area contributed by atoms with Crippen LogP contribution < -0.4 is 10.2 Å². The van der Waals surface area contributed by atoms with Crippen LogP contribution in [0.4, 0.5) is 14.5 Å². The predicted molar refractivity (Wildman–Crippen MR) is 105 cm³/mol. The number of fused-ring (bicyclic) bond motifs is 3. The number of alkyl halides is 2. The fourth-order valence-corrected chi connectivity index (χ4v) is 6.79. The second kappa shape index (κ2) is 6.25. The van der Waals surface area contributed by atoms with Crippen molar-refractivity contribution < 1.29 is 18.3 Å². The number of rotatable bonds is 2. The van der Waals surface area contributed by atoms with Crippen molar-refractivity contribution in [1.82, 2.24) is 15.5 Å². The Morgan fingerprint density at radius 1 is 1.24 bits per heavy atom. The van der Waals surface area contributed by atoms with Crippen LogP contribution in [0.5, 0.6) is 0 Å². The van der Waals surface area contributed by atoms with Crippen molar-refractivity contribution in [3.05, 3.63) is 22.8 Å². The SMILES string of the molecule is O=C1N[C@@H]([C@@H]2OC3CCC2CC3)CN2CC(F)(F)Cc3c(-c4cn[nH]c4)sc1c32. The molecule has 9 heteroatoms. The van der Waals surface area contributed by atoms with Gasteiger partial charge in [-0.05, 0) is 31.6 Å². The third kappa shape index (κ3) is 2.81. The number of nitrogens with zero attached hydrogens (tertiary/aromatic N) is 2. The zero-order valence-corrected chi connectivity index (χ0v) is 16.6. The monoisotopic (exact) mass is 420 g/mol. The molecule has 6 heterocycles. The van der Waals surface area contributed by atoms with Gasteiger partial charge in [-0.25, -0.2) is 8.78 Å². The first-order valence-corrected chi connectivity index (χ1v) is 11.0. The largest absolute Gasteiger partial charge is 0.372 e. The van der Waals surface area contributed by atoms with Gasteiger partial charge >= 0.3 is 0 Å². The Morgan fingerprint density at radius 3 is 2.76 bits per heavy atom. The van der Waals surface area contributed by atoms with Crippen molar-refractivity contribution >= 4 is 22.9 Å². The van der Waals surface area contributed by atoms with Gasteiger partial charge < -0.3 is 15.0 Å². The van der Waals surface area contributed by atoms with Crippen molar-refractivity contribution in [1.29, 1.82) is 0 Å². The molecule has 0 spiro atoms. The first kappa shape index (κ1) is 17.8. The highest BCUT2D eigenvalue weighted by molar-refractivity contribution is 7.18. The van der Waals surface area contributed by atoms with E-state index in [1.54, 1.807) is 17.3 Å². The molecule has 5 aliphatic rings. The van der Waals surface area contributed by atoms with Crippen LogP contribution in [0.1, 0.15) is 40.9 Å². The molecule has 2 aromatic rings. The number of aromatic nitrogens is 2. The van der Waals surface area contributed by atoms with E-state index in [1.807, 2.05) is 0 Å². The van der Waals surface area contributed by atoms with Crippen LogP contribution in [0.15, 0.2) is 12.4 Å². The molecule has 0 radical (unpaired) electrons. The molecule has 1 saturated carbocycles. The molecule has 1 aliphatic carbocycles. The number of carbonyl (C=O) groups excluding carboxylic acids is 1. The highest BCUT2D eigenvalue weighted by Crippen LogP contribution is 2.49. The Labute approximate surface area is 170 Å². The lowest BCUT2D eigenvalue weighted by atomic mass is 9.77. The summed E-state index contributed by atoms with van der Waals surface area (Å²) in [5.41, 5.74) is 1.98. The summed E-state index contributed by atoms with van der Waals surface area (Å²) in [7, 11) is 0. The average Bonchev–Trinajstić information content (AvgIpc) is 3.32. The van der Waals surface area contributed by atoms with E-state index >= 15 is 0 Å². The van der Waals surface area contributed by atoms with Gasteiger partial charge in [0.2, 0.25) is 0 Å². The minimum atomic E-state index is -2.84. The van der Waals surface area contributed by atoms with Crippen LogP contribution in [0, 0.1) is 5.92 Å². The Kier molecular flexibility index (Phi) is 3.84. The molecule has 2 aromatic heterocycles. The third-order valence-corrected chi connectivity index (χ3v) is 8.05. The molecular formula is C20H22F2N4O2S. The van der Waals surface area contributed by atoms with Crippen molar-refractivity contribution in [2.24, 2.45) is 5.92 Å². The standard InChI is InChI=1S/C20H22F2N4O2S/c21-20(22)5-13-15-18(29-17(13)11-6-23-24-7-11)19(27)25-14(8-26(15)9-20)16-10-1-3-12(28-16)4-2-10/h6-7,10,12,14,16H,1-5,8-9H2,(H,23,24)(H,25,27)/t10?,12?,14-,16-/m1/s1. The van der Waals surface area contributed by atoms with Crippen LogP contribution in [0.2, 0.25) is 0 Å². The number of hydrogen-bond donors (Lipinski definition) is 2. The number of carbonyl (C=O) groups is 1. The minimum Gasteiger partial charge on any atom is -0.372 e. The molecule has 7 rings (SSSR count). The summed E-state index contributed by atoms with van der Waals surface area (Å²) in [6.45, 7) is -0.00237. The van der Waals surface area contributed by atoms with Gasteiger partial charge in [0.15, 0.2) is 0 Å². The average molecular weight is 420 g/mol. The van der Waals surface area contributed by atoms with Crippen molar-refractivity contribution in [2.45, 2.75) is 56.3 Å². The Hall–Kier alpha value is -2.00. The van der Waals surface area contributed by atoms with Crippen LogP contribution >= 0.6 is 11.3 Å². The molecule has 3 fully saturated rings. The highest BCUT2D eigenvalue weighted by atomic mass is 32.1. The van der Waals surface area contributed by atoms with Crippen LogP contribution in [-0.2, 0) is 11.2 Å². The number of amides is 1. The van der Waals surface area contributed by atoms with E-state index in [1.165, 1.54) is 11.3 Å². The van der Waals surface area contributed by atoms with Crippen molar-refractivity contribution in [3.63, 3.8) is 0 Å². The van der Waals surface area contributed by atoms with Crippen LogP contribution in [-0.4, -0.2) is 53.4 Å². The van der Waals surface area contributed by atoms with E-state index in [9.17, 15) is 13.6 Å². The molecule has 2 atom stereocenters. The van der Waals surface area contributed by atoms with Crippen LogP contribution in [0.25, 0.3) is 10.4 Å². The molecule has 154 valence electrons. The molecule has 4 aliphatic heterocycles. The van der Waals surface area contributed by atoms with Gasteiger partial charge in [0.25, 0.3) is 11.8 Å². The molecule has 0 unspecified atom stereocenters. The van der Waals surface area contributed by atoms with Crippen molar-refractivity contribution in [2.75, 3.05) is 18.0 Å². The maximum atomic E-state index is 14.7. The van der Waals surface area contributed by atoms with E-state index in [0.29, 0.717) is 33.5 Å². The Balaban J connectivity index is 1.41. The number of anilines is 1. The molecule has 29 heavy (non-hydrogen) atoms. The summed E-state index contributed by atoms with van der Waals surface area (Å²) in [5.74, 6) is -2.62. The van der Waals surface area contributed by atoms with E-state index in [2.05, 4.69) is 15.5 Å². The summed E-state index contributed by atoms with van der Waals surface area (Å²) in [4.78, 5) is 16.1. The van der Waals surface area contributed by atoms with E-state index in [-0.39, 0.29) is 37.1 Å². The quantitative estimate of drug-likeness (QED) is 0.783. The van der Waals surface area contributed by atoms with Gasteiger partial charge in [0, 0.05) is 35.2 Å². The minimum absolute atomic E-state index is 0.0900. The zero-order chi connectivity index (χ0) is 19.8. The molecule has 0 aromatic carbocycles. The van der Waals surface area contributed by atoms with Gasteiger partial charge in [-0.15, -0.1) is 11.3 Å². The number of H-pyrrole nitrogens is 1. The second-order valence-electron chi connectivity index (χ2n) is 8.71. The summed E-state index contributed by atoms with van der Waals surface area (Å²) in [6, 6.07) is -0.269. The predicted octanol–water partition coefficient (Wildman–Crippen LogP) is 3.21. The van der Waals surface area contributed by atoms with E-state index in [0.717, 1.165) is 31.2 Å². The number of hydrogen-bond acceptors (Lipinski definition) is 5. The van der Waals surface area contributed by atoms with Gasteiger partial charge in [0.05, 0.1) is 36.7 Å².